The molecule has 10 nitrogen and oxygen atoms in total. The first-order chi connectivity index (χ1) is 13.2. The number of esters is 1. The molecular weight excluding hydrogens is 370 g/mol. The predicted octanol–water partition coefficient (Wildman–Crippen LogP) is 1.19. The molecule has 2 aliphatic rings. The van der Waals surface area contributed by atoms with Crippen molar-refractivity contribution in [1.29, 1.82) is 0 Å². The van der Waals surface area contributed by atoms with E-state index in [2.05, 4.69) is 5.10 Å². The Labute approximate surface area is 160 Å². The summed E-state index contributed by atoms with van der Waals surface area (Å²) in [6, 6.07) is 4.24. The zero-order chi connectivity index (χ0) is 20.6. The van der Waals surface area contributed by atoms with E-state index in [1.165, 1.54) is 31.2 Å². The van der Waals surface area contributed by atoms with Gasteiger partial charge in [-0.1, -0.05) is 12.1 Å². The second-order valence-electron chi connectivity index (χ2n) is 6.72. The summed E-state index contributed by atoms with van der Waals surface area (Å²) in [7, 11) is 0. The van der Waals surface area contributed by atoms with Crippen LogP contribution in [0.15, 0.2) is 29.4 Å². The molecule has 0 aromatic heterocycles. The van der Waals surface area contributed by atoms with Crippen LogP contribution in [0.25, 0.3) is 0 Å². The summed E-state index contributed by atoms with van der Waals surface area (Å²) < 4.78 is 10.3. The molecule has 0 radical (unpaired) electrons. The van der Waals surface area contributed by atoms with Crippen molar-refractivity contribution >= 4 is 29.1 Å². The Balaban J connectivity index is 2.08. The molecule has 1 amide bonds. The highest BCUT2D eigenvalue weighted by molar-refractivity contribution is 6.46. The second-order valence-corrected chi connectivity index (χ2v) is 6.72. The standard InChI is InChI=1S/C18H19N3O7/c1-4-27-17(24)15-13(11-5-7-12(8-6-11)21(25)26)14(19-20(15)10(2)22)16(23)18(3)9-28-18/h5-8,13,15H,4,9H2,1-3H3/t13-,15+,18-/m1/s1. The van der Waals surface area contributed by atoms with E-state index in [1.54, 1.807) is 13.8 Å². The highest BCUT2D eigenvalue weighted by atomic mass is 16.6. The number of hydrogen-bond acceptors (Lipinski definition) is 8. The minimum Gasteiger partial charge on any atom is -0.464 e. The molecule has 2 heterocycles. The molecule has 0 aliphatic carbocycles. The molecular formula is C18H19N3O7. The van der Waals surface area contributed by atoms with Crippen LogP contribution >= 0.6 is 0 Å². The topological polar surface area (TPSA) is 132 Å². The SMILES string of the molecule is CCOC(=O)[C@@H]1[C@H](c2ccc([N+](=O)[O-])cc2)C(C(=O)[C@@]2(C)CO2)=NN1C(C)=O. The van der Waals surface area contributed by atoms with E-state index in [1.807, 2.05) is 0 Å². The minimum atomic E-state index is -1.18. The lowest BCUT2D eigenvalue weighted by Gasteiger charge is -2.24. The Hall–Kier alpha value is -3.14. The molecule has 1 aromatic rings. The molecule has 1 aromatic carbocycles. The number of amides is 1. The van der Waals surface area contributed by atoms with Crippen molar-refractivity contribution < 1.29 is 28.8 Å². The van der Waals surface area contributed by atoms with Crippen molar-refractivity contribution in [2.45, 2.75) is 38.3 Å². The number of nitro groups is 1. The molecule has 0 saturated carbocycles. The fourth-order valence-electron chi connectivity index (χ4n) is 3.10. The van der Waals surface area contributed by atoms with Gasteiger partial charge in [0.25, 0.3) is 5.69 Å². The fraction of sp³-hybridized carbons (Fsp3) is 0.444. The monoisotopic (exact) mass is 389 g/mol. The fourth-order valence-corrected chi connectivity index (χ4v) is 3.10. The third-order valence-electron chi connectivity index (χ3n) is 4.69. The third kappa shape index (κ3) is 3.38. The number of hydrogen-bond donors (Lipinski definition) is 0. The van der Waals surface area contributed by atoms with E-state index in [9.17, 15) is 24.5 Å². The molecule has 0 bridgehead atoms. The van der Waals surface area contributed by atoms with Gasteiger partial charge in [0.15, 0.2) is 11.6 Å². The lowest BCUT2D eigenvalue weighted by Crippen LogP contribution is -2.44. The van der Waals surface area contributed by atoms with Crippen LogP contribution in [0, 0.1) is 10.1 Å². The smallest absolute Gasteiger partial charge is 0.332 e. The van der Waals surface area contributed by atoms with Gasteiger partial charge in [0.05, 0.1) is 24.1 Å². The average Bonchev–Trinajstić information content (AvgIpc) is 3.28. The van der Waals surface area contributed by atoms with Crippen LogP contribution in [0.1, 0.15) is 32.3 Å². The lowest BCUT2D eigenvalue weighted by atomic mass is 9.83. The highest BCUT2D eigenvalue weighted by Gasteiger charge is 2.56. The maximum absolute atomic E-state index is 12.9. The summed E-state index contributed by atoms with van der Waals surface area (Å²) in [5.74, 6) is -2.60. The number of carbonyl (C=O) groups is 3. The maximum Gasteiger partial charge on any atom is 0.332 e. The van der Waals surface area contributed by atoms with Crippen LogP contribution in [0.3, 0.4) is 0 Å². The Morgan fingerprint density at radius 3 is 2.43 bits per heavy atom. The molecule has 0 N–H and O–H groups in total. The average molecular weight is 389 g/mol. The van der Waals surface area contributed by atoms with Crippen LogP contribution in [-0.2, 0) is 23.9 Å². The number of ketones is 1. The van der Waals surface area contributed by atoms with Gasteiger partial charge in [0, 0.05) is 19.1 Å². The zero-order valence-electron chi connectivity index (χ0n) is 15.6. The summed E-state index contributed by atoms with van der Waals surface area (Å²) in [6.45, 7) is 4.74. The van der Waals surface area contributed by atoms with Crippen LogP contribution < -0.4 is 0 Å². The first kappa shape index (κ1) is 19.6. The highest BCUT2D eigenvalue weighted by Crippen LogP contribution is 2.38. The molecule has 28 heavy (non-hydrogen) atoms. The second kappa shape index (κ2) is 7.12. The maximum atomic E-state index is 12.9. The number of carbonyl (C=O) groups excluding carboxylic acids is 3. The summed E-state index contributed by atoms with van der Waals surface area (Å²) in [5, 5.41) is 16.0. The van der Waals surface area contributed by atoms with Gasteiger partial charge in [0.2, 0.25) is 11.7 Å². The number of benzene rings is 1. The summed E-state index contributed by atoms with van der Waals surface area (Å²) in [4.78, 5) is 48.0. The predicted molar refractivity (Wildman–Crippen MR) is 95.6 cm³/mol. The molecule has 1 fully saturated rings. The van der Waals surface area contributed by atoms with Crippen LogP contribution in [-0.4, -0.2) is 58.2 Å². The van der Waals surface area contributed by atoms with Gasteiger partial charge < -0.3 is 9.47 Å². The summed E-state index contributed by atoms with van der Waals surface area (Å²) in [6.07, 6.45) is 0. The van der Waals surface area contributed by atoms with Gasteiger partial charge in [-0.15, -0.1) is 0 Å². The zero-order valence-corrected chi connectivity index (χ0v) is 15.6. The number of nitro benzene ring substituents is 1. The van der Waals surface area contributed by atoms with Crippen molar-refractivity contribution in [3.05, 3.63) is 39.9 Å². The minimum absolute atomic E-state index is 0.0119. The Bertz CT molecular complexity index is 874. The van der Waals surface area contributed by atoms with Gasteiger partial charge in [-0.2, -0.15) is 5.10 Å². The van der Waals surface area contributed by atoms with E-state index in [4.69, 9.17) is 9.47 Å². The van der Waals surface area contributed by atoms with Gasteiger partial charge in [-0.25, -0.2) is 9.80 Å². The van der Waals surface area contributed by atoms with Gasteiger partial charge >= 0.3 is 5.97 Å². The normalized spacial score (nSPS) is 25.8. The van der Waals surface area contributed by atoms with Gasteiger partial charge in [-0.05, 0) is 19.4 Å². The van der Waals surface area contributed by atoms with E-state index in [-0.39, 0.29) is 24.6 Å². The lowest BCUT2D eigenvalue weighted by molar-refractivity contribution is -0.384. The number of rotatable bonds is 6. The number of hydrazone groups is 1. The Morgan fingerprint density at radius 1 is 1.36 bits per heavy atom. The molecule has 1 saturated heterocycles. The number of epoxide rings is 1. The molecule has 2 aliphatic heterocycles. The molecule has 10 heteroatoms. The van der Waals surface area contributed by atoms with Crippen LogP contribution in [0.2, 0.25) is 0 Å². The Kier molecular flexibility index (Phi) is 4.99. The first-order valence-corrected chi connectivity index (χ1v) is 8.67. The largest absolute Gasteiger partial charge is 0.464 e. The summed E-state index contributed by atoms with van der Waals surface area (Å²) in [5.41, 5.74) is -0.768. The van der Waals surface area contributed by atoms with E-state index in [0.29, 0.717) is 5.56 Å². The molecule has 0 spiro atoms. The number of nitrogens with zero attached hydrogens (tertiary/aromatic N) is 3. The summed E-state index contributed by atoms with van der Waals surface area (Å²) >= 11 is 0. The van der Waals surface area contributed by atoms with Gasteiger partial charge in [-0.3, -0.25) is 19.7 Å². The number of ether oxygens (including phenoxy) is 2. The van der Waals surface area contributed by atoms with E-state index >= 15 is 0 Å². The molecule has 3 rings (SSSR count). The molecule has 3 atom stereocenters. The number of Topliss-reactive ketones (excluding diaryl/α,β-unsaturated/α-hetero) is 1. The van der Waals surface area contributed by atoms with Crippen LogP contribution in [0.4, 0.5) is 5.69 Å². The third-order valence-corrected chi connectivity index (χ3v) is 4.69. The van der Waals surface area contributed by atoms with Gasteiger partial charge in [0.1, 0.15) is 5.71 Å². The van der Waals surface area contributed by atoms with Crippen molar-refractivity contribution in [3.63, 3.8) is 0 Å². The van der Waals surface area contributed by atoms with E-state index in [0.717, 1.165) is 5.01 Å². The van der Waals surface area contributed by atoms with Crippen molar-refractivity contribution in [2.24, 2.45) is 5.10 Å². The van der Waals surface area contributed by atoms with Crippen molar-refractivity contribution in [2.75, 3.05) is 13.2 Å². The Morgan fingerprint density at radius 2 is 1.96 bits per heavy atom. The number of non-ortho nitro benzene ring substituents is 1. The first-order valence-electron chi connectivity index (χ1n) is 8.67. The van der Waals surface area contributed by atoms with Crippen molar-refractivity contribution in [3.8, 4) is 0 Å². The quantitative estimate of drug-likeness (QED) is 0.309. The van der Waals surface area contributed by atoms with Crippen LogP contribution in [0.5, 0.6) is 0 Å². The van der Waals surface area contributed by atoms with E-state index < -0.39 is 40.1 Å². The molecule has 148 valence electrons. The molecule has 0 unspecified atom stereocenters. The van der Waals surface area contributed by atoms with Crippen molar-refractivity contribution in [1.82, 2.24) is 5.01 Å².